The third-order valence-corrected chi connectivity index (χ3v) is 9.88. The van der Waals surface area contributed by atoms with Gasteiger partial charge in [-0.2, -0.15) is 0 Å². The average molecular weight is 407 g/mol. The van der Waals surface area contributed by atoms with Crippen LogP contribution in [0.25, 0.3) is 0 Å². The minimum absolute atomic E-state index is 0.176. The van der Waals surface area contributed by atoms with Crippen LogP contribution in [-0.4, -0.2) is 38.8 Å². The number of hydrogen-bond acceptors (Lipinski definition) is 4. The lowest BCUT2D eigenvalue weighted by molar-refractivity contribution is 0.0397. The van der Waals surface area contributed by atoms with E-state index in [2.05, 4.69) is 45.7 Å². The molecular weight excluding hydrogens is 368 g/mol. The van der Waals surface area contributed by atoms with Crippen molar-refractivity contribution in [2.75, 3.05) is 13.7 Å². The van der Waals surface area contributed by atoms with Gasteiger partial charge in [-0.05, 0) is 56.1 Å². The Morgan fingerprint density at radius 2 is 1.71 bits per heavy atom. The molecule has 1 aromatic rings. The number of benzene rings is 1. The minimum atomic E-state index is -1.78. The van der Waals surface area contributed by atoms with E-state index in [1.54, 1.807) is 7.11 Å². The van der Waals surface area contributed by atoms with E-state index in [1.165, 1.54) is 0 Å². The molecule has 158 valence electrons. The second-order valence-corrected chi connectivity index (χ2v) is 14.0. The molecule has 0 aliphatic rings. The van der Waals surface area contributed by atoms with E-state index in [0.717, 1.165) is 11.3 Å². The second kappa shape index (κ2) is 10.5. The quantitative estimate of drug-likeness (QED) is 0.455. The van der Waals surface area contributed by atoms with Gasteiger partial charge >= 0.3 is 0 Å². The molecule has 1 aromatic carbocycles. The number of aliphatic hydroxyl groups is 1. The van der Waals surface area contributed by atoms with E-state index in [9.17, 15) is 5.11 Å². The molecule has 2 unspecified atom stereocenters. The van der Waals surface area contributed by atoms with Crippen molar-refractivity contribution in [1.82, 2.24) is 0 Å². The third-order valence-electron chi connectivity index (χ3n) is 5.34. The molecule has 0 spiro atoms. The molecular formula is C23H38O4Si. The first-order valence-corrected chi connectivity index (χ1v) is 12.9. The highest BCUT2D eigenvalue weighted by Crippen LogP contribution is 2.36. The summed E-state index contributed by atoms with van der Waals surface area (Å²) in [4.78, 5) is 0. The first kappa shape index (κ1) is 24.7. The summed E-state index contributed by atoms with van der Waals surface area (Å²) in [6.07, 6.45) is 0.792. The van der Waals surface area contributed by atoms with Crippen LogP contribution in [0.3, 0.4) is 0 Å². The van der Waals surface area contributed by atoms with Crippen LogP contribution in [0.2, 0.25) is 18.1 Å². The molecule has 0 aliphatic carbocycles. The summed E-state index contributed by atoms with van der Waals surface area (Å²) in [6, 6.07) is 7.79. The van der Waals surface area contributed by atoms with Gasteiger partial charge in [0, 0.05) is 13.0 Å². The van der Waals surface area contributed by atoms with Crippen molar-refractivity contribution in [3.8, 4) is 17.6 Å². The Bertz CT molecular complexity index is 648. The van der Waals surface area contributed by atoms with Gasteiger partial charge < -0.3 is 19.0 Å². The largest absolute Gasteiger partial charge is 0.497 e. The lowest BCUT2D eigenvalue weighted by Crippen LogP contribution is -2.42. The second-order valence-electron chi connectivity index (χ2n) is 9.15. The summed E-state index contributed by atoms with van der Waals surface area (Å²) < 4.78 is 17.1. The van der Waals surface area contributed by atoms with E-state index in [1.807, 2.05) is 38.1 Å². The van der Waals surface area contributed by atoms with Gasteiger partial charge in [-0.1, -0.05) is 44.7 Å². The van der Waals surface area contributed by atoms with Crippen LogP contribution < -0.4 is 4.74 Å². The van der Waals surface area contributed by atoms with Gasteiger partial charge in [0.2, 0.25) is 0 Å². The van der Waals surface area contributed by atoms with Crippen LogP contribution in [0.15, 0.2) is 24.3 Å². The molecule has 2 atom stereocenters. The fourth-order valence-electron chi connectivity index (χ4n) is 2.20. The number of hydrogen-bond donors (Lipinski definition) is 1. The predicted molar refractivity (Wildman–Crippen MR) is 118 cm³/mol. The molecule has 0 heterocycles. The minimum Gasteiger partial charge on any atom is -0.497 e. The number of ether oxygens (including phenoxy) is 2. The molecule has 0 bridgehead atoms. The summed E-state index contributed by atoms with van der Waals surface area (Å²) in [7, 11) is -0.128. The zero-order valence-corrected chi connectivity index (χ0v) is 19.9. The normalized spacial score (nSPS) is 15.3. The summed E-state index contributed by atoms with van der Waals surface area (Å²) >= 11 is 0. The van der Waals surface area contributed by atoms with Gasteiger partial charge in [-0.25, -0.2) is 0 Å². The van der Waals surface area contributed by atoms with E-state index >= 15 is 0 Å². The smallest absolute Gasteiger partial charge is 0.191 e. The third kappa shape index (κ3) is 8.79. The van der Waals surface area contributed by atoms with Crippen LogP contribution in [0.1, 0.15) is 53.0 Å². The van der Waals surface area contributed by atoms with Crippen molar-refractivity contribution in [3.63, 3.8) is 0 Å². The average Bonchev–Trinajstić information content (AvgIpc) is 2.59. The Hall–Kier alpha value is -1.32. The van der Waals surface area contributed by atoms with Crippen LogP contribution in [0.5, 0.6) is 5.75 Å². The van der Waals surface area contributed by atoms with Gasteiger partial charge in [-0.15, -0.1) is 0 Å². The SMILES string of the molecule is COc1ccc(COC(C)C#CCC(C)(O)CCO[Si](C)(C)C(C)(C)C)cc1. The van der Waals surface area contributed by atoms with E-state index in [-0.39, 0.29) is 11.1 Å². The van der Waals surface area contributed by atoms with Crippen LogP contribution in [0, 0.1) is 11.8 Å². The van der Waals surface area contributed by atoms with Crippen LogP contribution >= 0.6 is 0 Å². The maximum atomic E-state index is 10.6. The molecule has 4 nitrogen and oxygen atoms in total. The van der Waals surface area contributed by atoms with Crippen molar-refractivity contribution in [3.05, 3.63) is 29.8 Å². The van der Waals surface area contributed by atoms with Crippen molar-refractivity contribution in [1.29, 1.82) is 0 Å². The van der Waals surface area contributed by atoms with Gasteiger partial charge in [0.1, 0.15) is 11.9 Å². The topological polar surface area (TPSA) is 47.9 Å². The predicted octanol–water partition coefficient (Wildman–Crippen LogP) is 5.16. The van der Waals surface area contributed by atoms with E-state index in [0.29, 0.717) is 26.1 Å². The highest BCUT2D eigenvalue weighted by Gasteiger charge is 2.37. The van der Waals surface area contributed by atoms with E-state index < -0.39 is 13.9 Å². The molecule has 0 saturated heterocycles. The Morgan fingerprint density at radius 1 is 1.11 bits per heavy atom. The van der Waals surface area contributed by atoms with Crippen molar-refractivity contribution < 1.29 is 19.0 Å². The molecule has 0 aliphatic heterocycles. The Labute approximate surface area is 172 Å². The summed E-state index contributed by atoms with van der Waals surface area (Å²) in [5.74, 6) is 6.97. The van der Waals surface area contributed by atoms with Crippen LogP contribution in [0.4, 0.5) is 0 Å². The first-order chi connectivity index (χ1) is 12.9. The molecule has 0 amide bonds. The first-order valence-electron chi connectivity index (χ1n) is 9.95. The van der Waals surface area contributed by atoms with Gasteiger partial charge in [0.05, 0.1) is 19.3 Å². The summed E-state index contributed by atoms with van der Waals surface area (Å²) in [6.45, 7) is 15.9. The van der Waals surface area contributed by atoms with Gasteiger partial charge in [-0.3, -0.25) is 0 Å². The zero-order chi connectivity index (χ0) is 21.4. The fraction of sp³-hybridized carbons (Fsp3) is 0.652. The highest BCUT2D eigenvalue weighted by atomic mass is 28.4. The van der Waals surface area contributed by atoms with E-state index in [4.69, 9.17) is 13.9 Å². The van der Waals surface area contributed by atoms with Crippen molar-refractivity contribution >= 4 is 8.32 Å². The summed E-state index contributed by atoms with van der Waals surface area (Å²) in [5, 5.41) is 10.7. The molecule has 0 saturated carbocycles. The Balaban J connectivity index is 2.39. The molecule has 1 rings (SSSR count). The molecule has 0 radical (unpaired) electrons. The molecule has 0 aromatic heterocycles. The Kier molecular flexibility index (Phi) is 9.23. The maximum absolute atomic E-state index is 10.6. The molecule has 1 N–H and O–H groups in total. The van der Waals surface area contributed by atoms with Gasteiger partial charge in [0.25, 0.3) is 0 Å². The Morgan fingerprint density at radius 3 is 2.25 bits per heavy atom. The monoisotopic (exact) mass is 406 g/mol. The van der Waals surface area contributed by atoms with Crippen LogP contribution in [-0.2, 0) is 15.8 Å². The summed E-state index contributed by atoms with van der Waals surface area (Å²) in [5.41, 5.74) is 0.217. The van der Waals surface area contributed by atoms with Crippen molar-refractivity contribution in [2.24, 2.45) is 0 Å². The number of rotatable bonds is 9. The van der Waals surface area contributed by atoms with Crippen molar-refractivity contribution in [2.45, 2.75) is 83.9 Å². The molecule has 0 fully saturated rings. The molecule has 5 heteroatoms. The molecule has 28 heavy (non-hydrogen) atoms. The highest BCUT2D eigenvalue weighted by molar-refractivity contribution is 6.74. The zero-order valence-electron chi connectivity index (χ0n) is 18.9. The number of methoxy groups -OCH3 is 1. The lowest BCUT2D eigenvalue weighted by atomic mass is 9.99. The lowest BCUT2D eigenvalue weighted by Gasteiger charge is -2.37. The van der Waals surface area contributed by atoms with Gasteiger partial charge in [0.15, 0.2) is 8.32 Å². The maximum Gasteiger partial charge on any atom is 0.191 e. The fourth-order valence-corrected chi connectivity index (χ4v) is 3.25. The standard InChI is InChI=1S/C23H38O4Si/c1-19(26-18-20-11-13-21(25-6)14-12-20)10-9-15-23(5,24)16-17-27-28(7,8)22(2,3)4/h11-14,19,24H,15-18H2,1-8H3.